The zero-order chi connectivity index (χ0) is 10.4. The number of methoxy groups -OCH3 is 1. The van der Waals surface area contributed by atoms with E-state index < -0.39 is 0 Å². The first-order valence-electron chi connectivity index (χ1n) is 4.77. The Morgan fingerprint density at radius 3 is 2.93 bits per heavy atom. The average molecular weight is 262 g/mol. The zero-order valence-corrected chi connectivity index (χ0v) is 10.2. The van der Waals surface area contributed by atoms with E-state index in [1.54, 1.807) is 7.11 Å². The fourth-order valence-corrected chi connectivity index (χ4v) is 1.33. The van der Waals surface area contributed by atoms with Crippen molar-refractivity contribution >= 4 is 15.9 Å². The molecule has 0 N–H and O–H groups in total. The van der Waals surface area contributed by atoms with Gasteiger partial charge in [0, 0.05) is 26.5 Å². The molecule has 1 atom stereocenters. The van der Waals surface area contributed by atoms with Crippen LogP contribution >= 0.6 is 15.9 Å². The average Bonchev–Trinajstić information content (AvgIpc) is 2.61. The van der Waals surface area contributed by atoms with Crippen LogP contribution in [0.5, 0.6) is 0 Å². The van der Waals surface area contributed by atoms with E-state index in [1.165, 1.54) is 0 Å². The molecule has 5 heteroatoms. The highest BCUT2D eigenvalue weighted by Gasteiger charge is 2.05. The van der Waals surface area contributed by atoms with Gasteiger partial charge in [0.1, 0.15) is 0 Å². The predicted octanol–water partition coefficient (Wildman–Crippen LogP) is 2.16. The quantitative estimate of drug-likeness (QED) is 0.582. The minimum Gasteiger partial charge on any atom is -0.385 e. The van der Waals surface area contributed by atoms with Crippen LogP contribution in [0.3, 0.4) is 0 Å². The third-order valence-electron chi connectivity index (χ3n) is 1.95. The number of hydrogen-bond donors (Lipinski definition) is 0. The summed E-state index contributed by atoms with van der Waals surface area (Å²) in [5, 5.41) is 8.08. The van der Waals surface area contributed by atoms with Gasteiger partial charge in [-0.1, -0.05) is 21.1 Å². The predicted molar refractivity (Wildman–Crippen MR) is 58.5 cm³/mol. The van der Waals surface area contributed by atoms with Crippen LogP contribution in [0.1, 0.15) is 30.3 Å². The molecule has 0 radical (unpaired) electrons. The topological polar surface area (TPSA) is 39.9 Å². The minimum atomic E-state index is 0.273. The second-order valence-electron chi connectivity index (χ2n) is 3.22. The molecule has 1 unspecified atom stereocenters. The van der Waals surface area contributed by atoms with Gasteiger partial charge in [0.25, 0.3) is 0 Å². The molecule has 0 spiro atoms. The molecule has 14 heavy (non-hydrogen) atoms. The van der Waals surface area contributed by atoms with E-state index in [0.717, 1.165) is 31.7 Å². The lowest BCUT2D eigenvalue weighted by atomic mass is 10.3. The van der Waals surface area contributed by atoms with Gasteiger partial charge in [0.2, 0.25) is 0 Å². The molecule has 1 aromatic heterocycles. The Hall–Kier alpha value is -0.420. The number of ether oxygens (including phenoxy) is 1. The first kappa shape index (κ1) is 11.7. The van der Waals surface area contributed by atoms with E-state index in [0.29, 0.717) is 0 Å². The monoisotopic (exact) mass is 261 g/mol. The van der Waals surface area contributed by atoms with Crippen molar-refractivity contribution in [1.82, 2.24) is 15.0 Å². The largest absolute Gasteiger partial charge is 0.385 e. The highest BCUT2D eigenvalue weighted by atomic mass is 79.9. The van der Waals surface area contributed by atoms with Crippen molar-refractivity contribution in [2.75, 3.05) is 13.7 Å². The molecular formula is C9H16BrN3O. The molecule has 0 saturated carbocycles. The molecule has 1 aromatic rings. The van der Waals surface area contributed by atoms with Crippen molar-refractivity contribution in [3.05, 3.63) is 11.9 Å². The Labute approximate surface area is 92.8 Å². The lowest BCUT2D eigenvalue weighted by Crippen LogP contribution is -2.00. The highest BCUT2D eigenvalue weighted by Crippen LogP contribution is 2.17. The van der Waals surface area contributed by atoms with Crippen LogP contribution in [-0.2, 0) is 11.3 Å². The van der Waals surface area contributed by atoms with Crippen LogP contribution in [0.2, 0.25) is 0 Å². The van der Waals surface area contributed by atoms with Crippen LogP contribution in [-0.4, -0.2) is 28.7 Å². The van der Waals surface area contributed by atoms with E-state index in [2.05, 4.69) is 26.2 Å². The Bertz CT molecular complexity index is 262. The minimum absolute atomic E-state index is 0.273. The molecule has 0 aliphatic carbocycles. The summed E-state index contributed by atoms with van der Waals surface area (Å²) in [6.45, 7) is 3.77. The molecule has 1 heterocycles. The molecule has 4 nitrogen and oxygen atoms in total. The van der Waals surface area contributed by atoms with Crippen molar-refractivity contribution in [3.63, 3.8) is 0 Å². The number of aryl methyl sites for hydroxylation is 1. The van der Waals surface area contributed by atoms with Gasteiger partial charge in [0.15, 0.2) is 0 Å². The van der Waals surface area contributed by atoms with E-state index in [1.807, 2.05) is 17.8 Å². The van der Waals surface area contributed by atoms with Crippen LogP contribution in [0, 0.1) is 0 Å². The fraction of sp³-hybridized carbons (Fsp3) is 0.778. The van der Waals surface area contributed by atoms with E-state index in [-0.39, 0.29) is 4.83 Å². The maximum Gasteiger partial charge on any atom is 0.0960 e. The smallest absolute Gasteiger partial charge is 0.0960 e. The summed E-state index contributed by atoms with van der Waals surface area (Å²) < 4.78 is 6.85. The maximum absolute atomic E-state index is 4.97. The molecule has 0 aromatic carbocycles. The van der Waals surface area contributed by atoms with Gasteiger partial charge in [-0.15, -0.1) is 5.10 Å². The van der Waals surface area contributed by atoms with Crippen LogP contribution in [0.15, 0.2) is 6.20 Å². The summed E-state index contributed by atoms with van der Waals surface area (Å²) >= 11 is 3.45. The molecule has 0 aliphatic heterocycles. The molecule has 0 amide bonds. The normalized spacial score (nSPS) is 13.1. The number of halogens is 1. The third kappa shape index (κ3) is 3.75. The fourth-order valence-electron chi connectivity index (χ4n) is 1.13. The van der Waals surface area contributed by atoms with Crippen LogP contribution in [0.4, 0.5) is 0 Å². The van der Waals surface area contributed by atoms with Gasteiger partial charge in [-0.05, 0) is 19.8 Å². The highest BCUT2D eigenvalue weighted by molar-refractivity contribution is 9.09. The first-order chi connectivity index (χ1) is 6.74. The van der Waals surface area contributed by atoms with E-state index in [9.17, 15) is 0 Å². The second-order valence-corrected chi connectivity index (χ2v) is 4.60. The molecule has 1 rings (SSSR count). The van der Waals surface area contributed by atoms with Gasteiger partial charge in [0.05, 0.1) is 10.5 Å². The first-order valence-corrected chi connectivity index (χ1v) is 5.68. The van der Waals surface area contributed by atoms with Gasteiger partial charge in [-0.2, -0.15) is 0 Å². The molecule has 0 aliphatic rings. The molecular weight excluding hydrogens is 246 g/mol. The number of aromatic nitrogens is 3. The number of rotatable bonds is 6. The maximum atomic E-state index is 4.97. The van der Waals surface area contributed by atoms with Gasteiger partial charge in [-0.3, -0.25) is 4.68 Å². The summed E-state index contributed by atoms with van der Waals surface area (Å²) in [5.41, 5.74) is 0.983. The van der Waals surface area contributed by atoms with Gasteiger partial charge >= 0.3 is 0 Å². The van der Waals surface area contributed by atoms with Crippen molar-refractivity contribution in [1.29, 1.82) is 0 Å². The van der Waals surface area contributed by atoms with Crippen molar-refractivity contribution in [2.45, 2.75) is 31.1 Å². The Morgan fingerprint density at radius 1 is 1.57 bits per heavy atom. The van der Waals surface area contributed by atoms with Crippen molar-refractivity contribution < 1.29 is 4.74 Å². The number of hydrogen-bond acceptors (Lipinski definition) is 3. The number of unbranched alkanes of at least 4 members (excludes halogenated alkanes) is 1. The molecule has 80 valence electrons. The SMILES string of the molecule is COCCCCn1cc(C(C)Br)nn1. The summed E-state index contributed by atoms with van der Waals surface area (Å²) in [6.07, 6.45) is 4.12. The van der Waals surface area contributed by atoms with E-state index in [4.69, 9.17) is 4.74 Å². The van der Waals surface area contributed by atoms with Crippen LogP contribution in [0.25, 0.3) is 0 Å². The van der Waals surface area contributed by atoms with Crippen molar-refractivity contribution in [3.8, 4) is 0 Å². The molecule has 0 bridgehead atoms. The third-order valence-corrected chi connectivity index (χ3v) is 2.42. The summed E-state index contributed by atoms with van der Waals surface area (Å²) in [7, 11) is 1.72. The summed E-state index contributed by atoms with van der Waals surface area (Å²) in [4.78, 5) is 0.273. The zero-order valence-electron chi connectivity index (χ0n) is 8.61. The Kier molecular flexibility index (Phi) is 5.11. The summed E-state index contributed by atoms with van der Waals surface area (Å²) in [5.74, 6) is 0. The molecule has 0 fully saturated rings. The van der Waals surface area contributed by atoms with Crippen LogP contribution < -0.4 is 0 Å². The molecule has 0 saturated heterocycles. The number of nitrogens with zero attached hydrogens (tertiary/aromatic N) is 3. The number of alkyl halides is 1. The van der Waals surface area contributed by atoms with Gasteiger partial charge in [-0.25, -0.2) is 0 Å². The Balaban J connectivity index is 2.29. The Morgan fingerprint density at radius 2 is 2.36 bits per heavy atom. The second kappa shape index (κ2) is 6.14. The lowest BCUT2D eigenvalue weighted by molar-refractivity contribution is 0.191. The lowest BCUT2D eigenvalue weighted by Gasteiger charge is -1.99. The standard InChI is InChI=1S/C9H16BrN3O/c1-8(10)9-7-13(12-11-9)5-3-4-6-14-2/h7-8H,3-6H2,1-2H3. The van der Waals surface area contributed by atoms with Crippen molar-refractivity contribution in [2.24, 2.45) is 0 Å². The summed E-state index contributed by atoms with van der Waals surface area (Å²) in [6, 6.07) is 0. The van der Waals surface area contributed by atoms with E-state index >= 15 is 0 Å². The van der Waals surface area contributed by atoms with Gasteiger partial charge < -0.3 is 4.74 Å².